The van der Waals surface area contributed by atoms with Gasteiger partial charge in [-0.3, -0.25) is 19.7 Å². The lowest BCUT2D eigenvalue weighted by molar-refractivity contribution is -0.117. The van der Waals surface area contributed by atoms with E-state index in [1.807, 2.05) is 30.3 Å². The first-order valence-electron chi connectivity index (χ1n) is 9.09. The summed E-state index contributed by atoms with van der Waals surface area (Å²) in [7, 11) is 0. The topological polar surface area (TPSA) is 120 Å². The molecule has 150 valence electrons. The Hall–Kier alpha value is -3.85. The quantitative estimate of drug-likeness (QED) is 0.496. The highest BCUT2D eigenvalue weighted by Crippen LogP contribution is 2.19. The molecule has 0 fully saturated rings. The summed E-state index contributed by atoms with van der Waals surface area (Å²) in [6.07, 6.45) is -0.00446. The zero-order valence-electron chi connectivity index (χ0n) is 15.7. The van der Waals surface area contributed by atoms with Crippen molar-refractivity contribution in [1.82, 2.24) is 14.8 Å². The van der Waals surface area contributed by atoms with Gasteiger partial charge in [0.05, 0.1) is 24.0 Å². The van der Waals surface area contributed by atoms with Crippen molar-refractivity contribution in [2.24, 2.45) is 5.73 Å². The molecule has 8 nitrogen and oxygen atoms in total. The summed E-state index contributed by atoms with van der Waals surface area (Å²) >= 11 is 1.18. The van der Waals surface area contributed by atoms with E-state index in [0.29, 0.717) is 21.6 Å². The van der Waals surface area contributed by atoms with Crippen molar-refractivity contribution in [2.75, 3.05) is 5.32 Å². The molecule has 0 atom stereocenters. The highest BCUT2D eigenvalue weighted by Gasteiger charge is 2.18. The lowest BCUT2D eigenvalue weighted by Gasteiger charge is -2.10. The van der Waals surface area contributed by atoms with Crippen molar-refractivity contribution in [3.05, 3.63) is 87.3 Å². The molecule has 0 saturated carbocycles. The van der Waals surface area contributed by atoms with E-state index in [2.05, 4.69) is 15.4 Å². The van der Waals surface area contributed by atoms with Gasteiger partial charge in [-0.05, 0) is 11.6 Å². The predicted molar refractivity (Wildman–Crippen MR) is 115 cm³/mol. The van der Waals surface area contributed by atoms with Gasteiger partial charge in [-0.1, -0.05) is 48.5 Å². The standard InChI is InChI=1S/C21H17N5O3S/c22-17(27)10-14-12-30-21(23-14)24-19(28)18-15-8-4-5-9-16(15)20(29)26(25-18)11-13-6-2-1-3-7-13/h1-9,12H,10-11H2,(H2,22,27)(H,23,24,28). The number of benzene rings is 2. The number of nitrogens with one attached hydrogen (secondary N) is 1. The molecular formula is C21H17N5O3S. The number of nitrogens with zero attached hydrogens (tertiary/aromatic N) is 3. The summed E-state index contributed by atoms with van der Waals surface area (Å²) in [5.41, 5.74) is 6.40. The van der Waals surface area contributed by atoms with E-state index in [9.17, 15) is 14.4 Å². The van der Waals surface area contributed by atoms with Gasteiger partial charge in [-0.25, -0.2) is 9.67 Å². The van der Waals surface area contributed by atoms with Crippen molar-refractivity contribution in [3.63, 3.8) is 0 Å². The van der Waals surface area contributed by atoms with Crippen molar-refractivity contribution in [1.29, 1.82) is 0 Å². The molecule has 0 aliphatic rings. The van der Waals surface area contributed by atoms with Gasteiger partial charge >= 0.3 is 0 Å². The number of aromatic nitrogens is 3. The van der Waals surface area contributed by atoms with E-state index in [1.54, 1.807) is 29.6 Å². The van der Waals surface area contributed by atoms with Gasteiger partial charge in [0.15, 0.2) is 10.8 Å². The number of thiazole rings is 1. The Morgan fingerprint density at radius 1 is 1.03 bits per heavy atom. The number of carbonyl (C=O) groups excluding carboxylic acids is 2. The Morgan fingerprint density at radius 2 is 1.73 bits per heavy atom. The van der Waals surface area contributed by atoms with E-state index in [1.165, 1.54) is 16.0 Å². The molecule has 2 aromatic carbocycles. The second kappa shape index (κ2) is 8.26. The first-order valence-corrected chi connectivity index (χ1v) is 9.97. The number of nitrogens with two attached hydrogens (primary N) is 1. The molecule has 0 spiro atoms. The van der Waals surface area contributed by atoms with Crippen LogP contribution in [0.3, 0.4) is 0 Å². The van der Waals surface area contributed by atoms with Gasteiger partial charge in [-0.2, -0.15) is 5.10 Å². The van der Waals surface area contributed by atoms with Crippen LogP contribution in [0.15, 0.2) is 64.8 Å². The van der Waals surface area contributed by atoms with Gasteiger partial charge in [0, 0.05) is 10.8 Å². The summed E-state index contributed by atoms with van der Waals surface area (Å²) in [4.78, 5) is 41.1. The normalized spacial score (nSPS) is 10.8. The first-order chi connectivity index (χ1) is 14.5. The minimum Gasteiger partial charge on any atom is -0.369 e. The Bertz CT molecular complexity index is 1300. The van der Waals surface area contributed by atoms with E-state index in [4.69, 9.17) is 5.73 Å². The molecule has 0 radical (unpaired) electrons. The molecule has 0 aliphatic carbocycles. The fourth-order valence-electron chi connectivity index (χ4n) is 3.05. The van der Waals surface area contributed by atoms with Crippen LogP contribution in [-0.4, -0.2) is 26.6 Å². The van der Waals surface area contributed by atoms with Gasteiger partial charge in [0.1, 0.15) is 0 Å². The number of carbonyl (C=O) groups is 2. The molecule has 2 amide bonds. The van der Waals surface area contributed by atoms with E-state index < -0.39 is 11.8 Å². The van der Waals surface area contributed by atoms with Crippen LogP contribution in [0.1, 0.15) is 21.7 Å². The van der Waals surface area contributed by atoms with Gasteiger partial charge < -0.3 is 5.73 Å². The molecular weight excluding hydrogens is 402 g/mol. The lowest BCUT2D eigenvalue weighted by Crippen LogP contribution is -2.28. The number of hydrogen-bond acceptors (Lipinski definition) is 6. The molecule has 0 saturated heterocycles. The first kappa shape index (κ1) is 19.5. The summed E-state index contributed by atoms with van der Waals surface area (Å²) in [6, 6.07) is 16.3. The van der Waals surface area contributed by atoms with Gasteiger partial charge in [0.25, 0.3) is 11.5 Å². The highest BCUT2D eigenvalue weighted by molar-refractivity contribution is 7.14. The molecule has 2 aromatic heterocycles. The van der Waals surface area contributed by atoms with Crippen molar-refractivity contribution in [3.8, 4) is 0 Å². The van der Waals surface area contributed by atoms with Crippen LogP contribution in [0.4, 0.5) is 5.13 Å². The predicted octanol–water partition coefficient (Wildman–Crippen LogP) is 2.18. The maximum atomic E-state index is 13.0. The van der Waals surface area contributed by atoms with E-state index in [0.717, 1.165) is 5.56 Å². The highest BCUT2D eigenvalue weighted by atomic mass is 32.1. The molecule has 0 aliphatic heterocycles. The molecule has 4 aromatic rings. The molecule has 2 heterocycles. The summed E-state index contributed by atoms with van der Waals surface area (Å²) < 4.78 is 1.28. The Balaban J connectivity index is 1.71. The second-order valence-electron chi connectivity index (χ2n) is 6.58. The summed E-state index contributed by atoms with van der Waals surface area (Å²) in [6.45, 7) is 0.241. The van der Waals surface area contributed by atoms with Crippen LogP contribution < -0.4 is 16.6 Å². The average Bonchev–Trinajstić information content (AvgIpc) is 3.16. The average molecular weight is 419 g/mol. The Labute approximate surface area is 175 Å². The largest absolute Gasteiger partial charge is 0.369 e. The molecule has 9 heteroatoms. The lowest BCUT2D eigenvalue weighted by atomic mass is 10.1. The SMILES string of the molecule is NC(=O)Cc1csc(NC(=O)c2nn(Cc3ccccc3)c(=O)c3ccccc23)n1. The van der Waals surface area contributed by atoms with Crippen LogP contribution in [-0.2, 0) is 17.8 Å². The zero-order chi connectivity index (χ0) is 21.1. The minimum absolute atomic E-state index is 0.00446. The zero-order valence-corrected chi connectivity index (χ0v) is 16.6. The Morgan fingerprint density at radius 3 is 2.47 bits per heavy atom. The number of hydrogen-bond donors (Lipinski definition) is 2. The van der Waals surface area contributed by atoms with Crippen molar-refractivity contribution < 1.29 is 9.59 Å². The summed E-state index contributed by atoms with van der Waals surface area (Å²) in [5.74, 6) is -0.994. The van der Waals surface area contributed by atoms with Gasteiger partial charge in [-0.15, -0.1) is 11.3 Å². The number of primary amides is 1. The maximum absolute atomic E-state index is 13.0. The van der Waals surface area contributed by atoms with Crippen LogP contribution in [0, 0.1) is 0 Å². The summed E-state index contributed by atoms with van der Waals surface area (Å²) in [5, 5.41) is 9.87. The van der Waals surface area contributed by atoms with Crippen LogP contribution >= 0.6 is 11.3 Å². The molecule has 0 unspecified atom stereocenters. The smallest absolute Gasteiger partial charge is 0.278 e. The number of rotatable bonds is 6. The molecule has 3 N–H and O–H groups in total. The number of anilines is 1. The fraction of sp³-hybridized carbons (Fsp3) is 0.0952. The number of fused-ring (bicyclic) bond motifs is 1. The molecule has 4 rings (SSSR count). The van der Waals surface area contributed by atoms with Gasteiger partial charge in [0.2, 0.25) is 5.91 Å². The van der Waals surface area contributed by atoms with Crippen LogP contribution in [0.5, 0.6) is 0 Å². The van der Waals surface area contributed by atoms with Crippen molar-refractivity contribution >= 4 is 39.1 Å². The number of amides is 2. The third-order valence-electron chi connectivity index (χ3n) is 4.39. The molecule has 30 heavy (non-hydrogen) atoms. The monoisotopic (exact) mass is 419 g/mol. The van der Waals surface area contributed by atoms with Crippen LogP contribution in [0.25, 0.3) is 10.8 Å². The minimum atomic E-state index is -0.501. The van der Waals surface area contributed by atoms with E-state index in [-0.39, 0.29) is 24.2 Å². The third kappa shape index (κ3) is 4.11. The van der Waals surface area contributed by atoms with Crippen LogP contribution in [0.2, 0.25) is 0 Å². The van der Waals surface area contributed by atoms with Crippen molar-refractivity contribution in [2.45, 2.75) is 13.0 Å². The molecule has 0 bridgehead atoms. The second-order valence-corrected chi connectivity index (χ2v) is 7.44. The Kier molecular flexibility index (Phi) is 5.36. The fourth-order valence-corrected chi connectivity index (χ4v) is 3.75. The third-order valence-corrected chi connectivity index (χ3v) is 5.19. The van der Waals surface area contributed by atoms with E-state index >= 15 is 0 Å². The maximum Gasteiger partial charge on any atom is 0.278 e.